The Morgan fingerprint density at radius 1 is 0.955 bits per heavy atom. The minimum absolute atomic E-state index is 0.515. The van der Waals surface area contributed by atoms with Gasteiger partial charge in [0.15, 0.2) is 0 Å². The van der Waals surface area contributed by atoms with Crippen molar-refractivity contribution in [2.75, 3.05) is 7.11 Å². The topological polar surface area (TPSA) is 35.0 Å². The Kier molecular flexibility index (Phi) is 9.72. The molecule has 0 bridgehead atoms. The summed E-state index contributed by atoms with van der Waals surface area (Å²) in [6.45, 7) is 6.85. The van der Waals surface area contributed by atoms with E-state index in [4.69, 9.17) is 16.3 Å². The van der Waals surface area contributed by atoms with Gasteiger partial charge >= 0.3 is 145 Å². The molecule has 0 aliphatic rings. The number of rotatable bonds is 11. The number of aromatic nitrogens is 2. The van der Waals surface area contributed by atoms with Gasteiger partial charge in [-0.1, -0.05) is 0 Å². The number of ether oxygens (including phenoxy) is 1. The molecule has 0 radical (unpaired) electrons. The van der Waals surface area contributed by atoms with E-state index in [1.807, 2.05) is 0 Å². The van der Waals surface area contributed by atoms with Crippen molar-refractivity contribution in [3.05, 3.63) is 11.2 Å². The number of unbranched alkanes of at least 4 members (excludes halogenated alkanes) is 3. The molecule has 126 valence electrons. The van der Waals surface area contributed by atoms with E-state index in [1.54, 1.807) is 7.11 Å². The Labute approximate surface area is 145 Å². The molecule has 0 unspecified atom stereocenters. The van der Waals surface area contributed by atoms with Crippen LogP contribution in [0.2, 0.25) is 18.5 Å². The Hall–Kier alpha value is -0.0313. The predicted molar refractivity (Wildman–Crippen MR) is 98.1 cm³/mol. The predicted octanol–water partition coefficient (Wildman–Crippen LogP) is 5.19. The molecule has 1 heterocycles. The maximum atomic E-state index is 6.19. The molecule has 0 aliphatic heterocycles. The molecule has 0 N–H and O–H groups in total. The first-order valence-electron chi connectivity index (χ1n) is 8.71. The zero-order valence-corrected chi connectivity index (χ0v) is 18.2. The fraction of sp³-hybridized carbons (Fsp3) is 0.765. The Morgan fingerprint density at radius 2 is 1.45 bits per heavy atom. The average Bonchev–Trinajstić information content (AvgIpc) is 2.54. The number of halogens is 1. The summed E-state index contributed by atoms with van der Waals surface area (Å²) in [5, 5.41) is 8.74. The molecular weight excluding hydrogens is 402 g/mol. The molecule has 0 spiro atoms. The summed E-state index contributed by atoms with van der Waals surface area (Å²) in [6, 6.07) is 2.07. The van der Waals surface area contributed by atoms with Crippen LogP contribution in [0.25, 0.3) is 0 Å². The second kappa shape index (κ2) is 10.7. The van der Waals surface area contributed by atoms with Crippen molar-refractivity contribution in [1.82, 2.24) is 10.2 Å². The summed E-state index contributed by atoms with van der Waals surface area (Å²) >= 11 is 3.64. The quantitative estimate of drug-likeness (QED) is 0.450. The van der Waals surface area contributed by atoms with Crippen molar-refractivity contribution in [1.29, 1.82) is 0 Å². The normalized spacial score (nSPS) is 11.7. The van der Waals surface area contributed by atoms with Crippen LogP contribution in [-0.2, 0) is 0 Å². The van der Waals surface area contributed by atoms with Gasteiger partial charge in [0.1, 0.15) is 0 Å². The number of hydrogen-bond acceptors (Lipinski definition) is 3. The van der Waals surface area contributed by atoms with Crippen molar-refractivity contribution in [3.63, 3.8) is 0 Å². The van der Waals surface area contributed by atoms with Gasteiger partial charge in [-0.05, 0) is 0 Å². The van der Waals surface area contributed by atoms with E-state index in [1.165, 1.54) is 55.4 Å². The summed E-state index contributed by atoms with van der Waals surface area (Å²) in [4.78, 5) is 0. The van der Waals surface area contributed by atoms with Gasteiger partial charge in [-0.15, -0.1) is 0 Å². The molecule has 3 nitrogen and oxygen atoms in total. The Bertz CT molecular complexity index is 421. The molecule has 0 aromatic carbocycles. The zero-order valence-electron chi connectivity index (χ0n) is 14.6. The fourth-order valence-electron chi connectivity index (χ4n) is 3.21. The van der Waals surface area contributed by atoms with Gasteiger partial charge in [-0.3, -0.25) is 0 Å². The van der Waals surface area contributed by atoms with E-state index >= 15 is 0 Å². The Balaban J connectivity index is 3.26. The van der Waals surface area contributed by atoms with Crippen LogP contribution in [0.1, 0.15) is 59.3 Å². The molecule has 1 aromatic rings. The van der Waals surface area contributed by atoms with E-state index in [-0.39, 0.29) is 0 Å². The SMILES string of the molecule is CCC[CH2][Sn]([CH2]CCC)([CH2]CCC)[c]1cc(Cl)nnc1OC. The Morgan fingerprint density at radius 3 is 1.86 bits per heavy atom. The second-order valence-corrected chi connectivity index (χ2v) is 19.7. The van der Waals surface area contributed by atoms with Crippen LogP contribution in [0.4, 0.5) is 0 Å². The van der Waals surface area contributed by atoms with Crippen LogP contribution >= 0.6 is 11.6 Å². The van der Waals surface area contributed by atoms with Gasteiger partial charge in [-0.25, -0.2) is 0 Å². The molecule has 0 fully saturated rings. The van der Waals surface area contributed by atoms with Crippen molar-refractivity contribution >= 4 is 33.6 Å². The molecule has 0 aliphatic carbocycles. The van der Waals surface area contributed by atoms with E-state index in [0.29, 0.717) is 5.15 Å². The van der Waals surface area contributed by atoms with Gasteiger partial charge in [0, 0.05) is 0 Å². The van der Waals surface area contributed by atoms with Gasteiger partial charge in [0.25, 0.3) is 0 Å². The molecular formula is C17H31ClN2OSn. The summed E-state index contributed by atoms with van der Waals surface area (Å²) < 4.78 is 11.1. The number of methoxy groups -OCH3 is 1. The van der Waals surface area contributed by atoms with Crippen molar-refractivity contribution < 1.29 is 4.74 Å². The third-order valence-corrected chi connectivity index (χ3v) is 20.2. The summed E-state index contributed by atoms with van der Waals surface area (Å²) in [6.07, 6.45) is 7.70. The van der Waals surface area contributed by atoms with Gasteiger partial charge < -0.3 is 0 Å². The second-order valence-electron chi connectivity index (χ2n) is 6.18. The van der Waals surface area contributed by atoms with Crippen molar-refractivity contribution in [3.8, 4) is 5.88 Å². The molecule has 0 atom stereocenters. The standard InChI is InChI=1S/C5H4ClN2O.3C4H9.Sn/c1-9-5-3-2-4(6)7-8-5;3*1-3-4-2;/h2H,1H3;3*1,3-4H2,2H3;. The molecule has 1 aromatic heterocycles. The summed E-state index contributed by atoms with van der Waals surface area (Å²) in [5.41, 5.74) is 0. The third kappa shape index (κ3) is 5.55. The van der Waals surface area contributed by atoms with Gasteiger partial charge in [-0.2, -0.15) is 0 Å². The van der Waals surface area contributed by atoms with Gasteiger partial charge in [0.05, 0.1) is 0 Å². The first-order valence-corrected chi connectivity index (χ1v) is 16.6. The number of hydrogen-bond donors (Lipinski definition) is 0. The van der Waals surface area contributed by atoms with Crippen LogP contribution in [0.3, 0.4) is 0 Å². The van der Waals surface area contributed by atoms with E-state index < -0.39 is 18.4 Å². The maximum absolute atomic E-state index is 6.19. The molecule has 0 amide bonds. The van der Waals surface area contributed by atoms with E-state index in [2.05, 4.69) is 37.0 Å². The first kappa shape index (κ1) is 20.0. The van der Waals surface area contributed by atoms with Crippen LogP contribution in [0.15, 0.2) is 6.07 Å². The van der Waals surface area contributed by atoms with E-state index in [0.717, 1.165) is 5.88 Å². The fourth-order valence-corrected chi connectivity index (χ4v) is 19.9. The molecule has 5 heteroatoms. The molecule has 1 rings (SSSR count). The van der Waals surface area contributed by atoms with Gasteiger partial charge in [0.2, 0.25) is 0 Å². The molecule has 0 saturated carbocycles. The minimum atomic E-state index is -2.55. The average molecular weight is 434 g/mol. The van der Waals surface area contributed by atoms with E-state index in [9.17, 15) is 0 Å². The first-order chi connectivity index (χ1) is 10.6. The van der Waals surface area contributed by atoms with Crippen LogP contribution in [0.5, 0.6) is 5.88 Å². The third-order valence-electron chi connectivity index (χ3n) is 4.52. The van der Waals surface area contributed by atoms with Crippen LogP contribution in [0, 0.1) is 0 Å². The monoisotopic (exact) mass is 434 g/mol. The molecule has 0 saturated heterocycles. The van der Waals surface area contributed by atoms with Crippen LogP contribution in [-0.4, -0.2) is 35.7 Å². The summed E-state index contributed by atoms with van der Waals surface area (Å²) in [7, 11) is 1.71. The zero-order chi connectivity index (χ0) is 16.4. The van der Waals surface area contributed by atoms with Crippen molar-refractivity contribution in [2.24, 2.45) is 0 Å². The van der Waals surface area contributed by atoms with Crippen LogP contribution < -0.4 is 8.32 Å². The number of nitrogens with zero attached hydrogens (tertiary/aromatic N) is 2. The molecule has 22 heavy (non-hydrogen) atoms. The van der Waals surface area contributed by atoms with Crippen molar-refractivity contribution in [2.45, 2.75) is 72.6 Å². The summed E-state index contributed by atoms with van der Waals surface area (Å²) in [5.74, 6) is 0.739.